The van der Waals surface area contributed by atoms with Gasteiger partial charge in [0.15, 0.2) is 0 Å². The van der Waals surface area contributed by atoms with Crippen LogP contribution in [0.3, 0.4) is 0 Å². The van der Waals surface area contributed by atoms with Crippen molar-refractivity contribution in [1.82, 2.24) is 0 Å². The van der Waals surface area contributed by atoms with Gasteiger partial charge in [0, 0.05) is 11.7 Å². The molecule has 1 unspecified atom stereocenters. The Hall–Kier alpha value is -2.36. The number of esters is 1. The van der Waals surface area contributed by atoms with Crippen LogP contribution in [0.25, 0.3) is 0 Å². The average molecular weight is 287 g/mol. The Morgan fingerprint density at radius 1 is 1.24 bits per heavy atom. The zero-order chi connectivity index (χ0) is 15.4. The van der Waals surface area contributed by atoms with E-state index >= 15 is 0 Å². The van der Waals surface area contributed by atoms with Gasteiger partial charge in [0.25, 0.3) is 0 Å². The van der Waals surface area contributed by atoms with Gasteiger partial charge in [-0.05, 0) is 43.2 Å². The summed E-state index contributed by atoms with van der Waals surface area (Å²) in [6.07, 6.45) is 0. The summed E-state index contributed by atoms with van der Waals surface area (Å²) in [4.78, 5) is 11.5. The van der Waals surface area contributed by atoms with E-state index in [0.717, 1.165) is 5.56 Å². The first-order valence-electron chi connectivity index (χ1n) is 6.73. The van der Waals surface area contributed by atoms with Crippen molar-refractivity contribution < 1.29 is 13.9 Å². The Morgan fingerprint density at radius 2 is 1.95 bits per heavy atom. The normalized spacial score (nSPS) is 11.8. The van der Waals surface area contributed by atoms with E-state index in [1.807, 2.05) is 38.1 Å². The largest absolute Gasteiger partial charge is 0.465 e. The number of hydrogen-bond donors (Lipinski definition) is 1. The second-order valence-electron chi connectivity index (χ2n) is 4.91. The lowest BCUT2D eigenvalue weighted by Crippen LogP contribution is -2.10. The highest BCUT2D eigenvalue weighted by Crippen LogP contribution is 2.23. The van der Waals surface area contributed by atoms with E-state index in [1.54, 1.807) is 6.07 Å². The molecule has 0 bridgehead atoms. The summed E-state index contributed by atoms with van der Waals surface area (Å²) >= 11 is 0. The highest BCUT2D eigenvalue weighted by Gasteiger charge is 2.14. The van der Waals surface area contributed by atoms with Gasteiger partial charge >= 0.3 is 5.97 Å². The number of ether oxygens (including phenoxy) is 1. The number of anilines is 1. The van der Waals surface area contributed by atoms with Crippen LogP contribution in [-0.2, 0) is 4.74 Å². The number of methoxy groups -OCH3 is 1. The molecule has 21 heavy (non-hydrogen) atoms. The van der Waals surface area contributed by atoms with Crippen LogP contribution in [-0.4, -0.2) is 13.1 Å². The van der Waals surface area contributed by atoms with Crippen LogP contribution >= 0.6 is 0 Å². The van der Waals surface area contributed by atoms with E-state index in [9.17, 15) is 9.18 Å². The zero-order valence-electron chi connectivity index (χ0n) is 12.3. The monoisotopic (exact) mass is 287 g/mol. The third kappa shape index (κ3) is 3.40. The van der Waals surface area contributed by atoms with Crippen molar-refractivity contribution in [1.29, 1.82) is 0 Å². The van der Waals surface area contributed by atoms with Crippen LogP contribution in [0.1, 0.15) is 34.5 Å². The second-order valence-corrected chi connectivity index (χ2v) is 4.91. The number of carbonyl (C=O) groups is 1. The van der Waals surface area contributed by atoms with Crippen molar-refractivity contribution in [2.75, 3.05) is 12.4 Å². The van der Waals surface area contributed by atoms with E-state index < -0.39 is 11.8 Å². The number of hydrogen-bond acceptors (Lipinski definition) is 3. The maximum Gasteiger partial charge on any atom is 0.340 e. The number of rotatable bonds is 4. The lowest BCUT2D eigenvalue weighted by Gasteiger charge is -2.18. The van der Waals surface area contributed by atoms with Crippen LogP contribution in [0.4, 0.5) is 10.1 Å². The van der Waals surface area contributed by atoms with Crippen molar-refractivity contribution in [3.05, 3.63) is 65.0 Å². The predicted molar refractivity (Wildman–Crippen MR) is 81.0 cm³/mol. The van der Waals surface area contributed by atoms with E-state index in [1.165, 1.54) is 24.8 Å². The SMILES string of the molecule is COC(=O)c1cc(NC(C)c2ccccc2C)ccc1F. The second kappa shape index (κ2) is 6.39. The topological polar surface area (TPSA) is 38.3 Å². The first-order chi connectivity index (χ1) is 10.0. The third-order valence-electron chi connectivity index (χ3n) is 3.41. The standard InChI is InChI=1S/C17H18FNO2/c1-11-6-4-5-7-14(11)12(2)19-13-8-9-16(18)15(10-13)17(20)21-3/h4-10,12,19H,1-3H3. The van der Waals surface area contributed by atoms with E-state index in [4.69, 9.17) is 0 Å². The van der Waals surface area contributed by atoms with Gasteiger partial charge in [-0.2, -0.15) is 0 Å². The average Bonchev–Trinajstić information content (AvgIpc) is 2.48. The maximum absolute atomic E-state index is 13.6. The number of benzene rings is 2. The molecule has 2 aromatic rings. The lowest BCUT2D eigenvalue weighted by atomic mass is 10.0. The number of carbonyl (C=O) groups excluding carboxylic acids is 1. The molecule has 0 spiro atoms. The van der Waals surface area contributed by atoms with E-state index in [0.29, 0.717) is 5.69 Å². The van der Waals surface area contributed by atoms with E-state index in [-0.39, 0.29) is 11.6 Å². The minimum Gasteiger partial charge on any atom is -0.465 e. The van der Waals surface area contributed by atoms with Crippen molar-refractivity contribution in [3.63, 3.8) is 0 Å². The molecule has 110 valence electrons. The minimum absolute atomic E-state index is 0.0437. The predicted octanol–water partition coefficient (Wildman–Crippen LogP) is 4.09. The summed E-state index contributed by atoms with van der Waals surface area (Å²) in [5.74, 6) is -1.27. The molecule has 2 aromatic carbocycles. The molecule has 0 saturated carbocycles. The summed E-state index contributed by atoms with van der Waals surface area (Å²) in [5, 5.41) is 3.27. The zero-order valence-corrected chi connectivity index (χ0v) is 12.3. The number of nitrogens with one attached hydrogen (secondary N) is 1. The molecule has 4 heteroatoms. The summed E-state index contributed by atoms with van der Waals surface area (Å²) in [7, 11) is 1.23. The Bertz CT molecular complexity index is 655. The van der Waals surface area contributed by atoms with Crippen LogP contribution < -0.4 is 5.32 Å². The van der Waals surface area contributed by atoms with Gasteiger partial charge in [-0.3, -0.25) is 0 Å². The molecule has 1 N–H and O–H groups in total. The first-order valence-corrected chi connectivity index (χ1v) is 6.73. The summed E-state index contributed by atoms with van der Waals surface area (Å²) < 4.78 is 18.2. The lowest BCUT2D eigenvalue weighted by molar-refractivity contribution is 0.0595. The van der Waals surface area contributed by atoms with Crippen LogP contribution in [0, 0.1) is 12.7 Å². The molecule has 0 aliphatic carbocycles. The Labute approximate surface area is 123 Å². The van der Waals surface area contributed by atoms with Crippen LogP contribution in [0.5, 0.6) is 0 Å². The Morgan fingerprint density at radius 3 is 2.62 bits per heavy atom. The van der Waals surface area contributed by atoms with Crippen molar-refractivity contribution in [3.8, 4) is 0 Å². The Kier molecular flexibility index (Phi) is 4.58. The fourth-order valence-corrected chi connectivity index (χ4v) is 2.28. The molecule has 0 aliphatic heterocycles. The van der Waals surface area contributed by atoms with Crippen molar-refractivity contribution in [2.24, 2.45) is 0 Å². The molecule has 0 fully saturated rings. The van der Waals surface area contributed by atoms with Gasteiger partial charge in [0.1, 0.15) is 5.82 Å². The van der Waals surface area contributed by atoms with Crippen LogP contribution in [0.15, 0.2) is 42.5 Å². The van der Waals surface area contributed by atoms with Crippen molar-refractivity contribution in [2.45, 2.75) is 19.9 Å². The van der Waals surface area contributed by atoms with Gasteiger partial charge in [-0.25, -0.2) is 9.18 Å². The fraction of sp³-hybridized carbons (Fsp3) is 0.235. The highest BCUT2D eigenvalue weighted by molar-refractivity contribution is 5.90. The van der Waals surface area contributed by atoms with Gasteiger partial charge in [0.05, 0.1) is 12.7 Å². The van der Waals surface area contributed by atoms with Crippen molar-refractivity contribution >= 4 is 11.7 Å². The minimum atomic E-state index is -0.681. The van der Waals surface area contributed by atoms with Gasteiger partial charge in [-0.1, -0.05) is 24.3 Å². The fourth-order valence-electron chi connectivity index (χ4n) is 2.28. The molecule has 0 saturated heterocycles. The molecule has 0 aliphatic rings. The first kappa shape index (κ1) is 15.0. The molecular weight excluding hydrogens is 269 g/mol. The summed E-state index contributed by atoms with van der Waals surface area (Å²) in [5.41, 5.74) is 2.93. The third-order valence-corrected chi connectivity index (χ3v) is 3.41. The van der Waals surface area contributed by atoms with Crippen LogP contribution in [0.2, 0.25) is 0 Å². The molecule has 3 nitrogen and oxygen atoms in total. The number of aryl methyl sites for hydroxylation is 1. The molecule has 0 amide bonds. The summed E-state index contributed by atoms with van der Waals surface area (Å²) in [6.45, 7) is 4.06. The van der Waals surface area contributed by atoms with E-state index in [2.05, 4.69) is 10.1 Å². The Balaban J connectivity index is 2.24. The molecule has 2 rings (SSSR count). The molecule has 0 aromatic heterocycles. The molecule has 1 atom stereocenters. The molecular formula is C17H18FNO2. The quantitative estimate of drug-likeness (QED) is 0.861. The van der Waals surface area contributed by atoms with Gasteiger partial charge in [-0.15, -0.1) is 0 Å². The smallest absolute Gasteiger partial charge is 0.340 e. The molecule has 0 radical (unpaired) electrons. The van der Waals surface area contributed by atoms with Gasteiger partial charge in [0.2, 0.25) is 0 Å². The number of halogens is 1. The summed E-state index contributed by atoms with van der Waals surface area (Å²) in [6, 6.07) is 12.4. The molecule has 0 heterocycles. The van der Waals surface area contributed by atoms with Gasteiger partial charge < -0.3 is 10.1 Å². The maximum atomic E-state index is 13.6. The highest BCUT2D eigenvalue weighted by atomic mass is 19.1.